The van der Waals surface area contributed by atoms with Gasteiger partial charge in [0.05, 0.1) is 5.69 Å². The van der Waals surface area contributed by atoms with Gasteiger partial charge >= 0.3 is 0 Å². The highest BCUT2D eigenvalue weighted by molar-refractivity contribution is 6.01. The van der Waals surface area contributed by atoms with Crippen molar-refractivity contribution in [2.45, 2.75) is 70.1 Å². The first-order valence-corrected chi connectivity index (χ1v) is 10.1. The predicted octanol–water partition coefficient (Wildman–Crippen LogP) is 5.75. The molecule has 3 nitrogen and oxygen atoms in total. The molecule has 3 heteroatoms. The van der Waals surface area contributed by atoms with Gasteiger partial charge in [-0.05, 0) is 48.3 Å². The second kappa shape index (κ2) is 6.79. The van der Waals surface area contributed by atoms with E-state index < -0.39 is 11.8 Å². The highest BCUT2D eigenvalue weighted by Crippen LogP contribution is 2.49. The first kappa shape index (κ1) is 18.2. The maximum Gasteiger partial charge on any atom is 0.263 e. The Morgan fingerprint density at radius 1 is 0.926 bits per heavy atom. The molecule has 1 saturated carbocycles. The molecule has 1 amide bonds. The van der Waals surface area contributed by atoms with E-state index in [1.54, 1.807) is 0 Å². The molecule has 1 heterocycles. The van der Waals surface area contributed by atoms with Crippen molar-refractivity contribution >= 4 is 11.6 Å². The lowest BCUT2D eigenvalue weighted by molar-refractivity contribution is -0.124. The molecule has 1 aliphatic carbocycles. The zero-order valence-electron chi connectivity index (χ0n) is 16.6. The molecule has 4 rings (SSSR count). The fourth-order valence-corrected chi connectivity index (χ4v) is 4.57. The van der Waals surface area contributed by atoms with E-state index in [0.717, 1.165) is 36.9 Å². The van der Waals surface area contributed by atoms with Gasteiger partial charge in [0.25, 0.3) is 5.91 Å². The average molecular weight is 364 g/mol. The number of carbonyl (C=O) groups excluding carboxylic acids is 1. The van der Waals surface area contributed by atoms with Crippen molar-refractivity contribution in [2.24, 2.45) is 0 Å². The number of nitrogens with zero attached hydrogens (tertiary/aromatic N) is 1. The van der Waals surface area contributed by atoms with Gasteiger partial charge in [0.1, 0.15) is 5.72 Å². The molecule has 27 heavy (non-hydrogen) atoms. The smallest absolute Gasteiger partial charge is 0.263 e. The molecule has 0 aromatic heterocycles. The molecule has 1 aliphatic heterocycles. The number of amides is 1. The van der Waals surface area contributed by atoms with Gasteiger partial charge in [0.15, 0.2) is 6.10 Å². The van der Waals surface area contributed by atoms with Crippen LogP contribution < -0.4 is 4.90 Å². The Labute approximate surface area is 162 Å². The summed E-state index contributed by atoms with van der Waals surface area (Å²) in [6, 6.07) is 18.3. The van der Waals surface area contributed by atoms with E-state index in [-0.39, 0.29) is 11.3 Å². The quantitative estimate of drug-likeness (QED) is 0.680. The third-order valence-electron chi connectivity index (χ3n) is 5.88. The summed E-state index contributed by atoms with van der Waals surface area (Å²) in [5, 5.41) is 0. The van der Waals surface area contributed by atoms with Crippen LogP contribution >= 0.6 is 0 Å². The first-order chi connectivity index (χ1) is 12.9. The summed E-state index contributed by atoms with van der Waals surface area (Å²) >= 11 is 0. The summed E-state index contributed by atoms with van der Waals surface area (Å²) in [6.07, 6.45) is 4.70. The molecule has 2 aliphatic rings. The maximum absolute atomic E-state index is 13.7. The molecular formula is C24H29NO2. The van der Waals surface area contributed by atoms with E-state index in [2.05, 4.69) is 39.0 Å². The Balaban J connectivity index is 1.83. The standard InChI is InChI=1S/C24H29NO2/c1-23(2,3)19-14-8-9-15-20(19)25-22(26)21(18-12-6-4-7-13-18)27-24(25)16-10-5-11-17-24/h4,6-9,12-15,21H,5,10-11,16-17H2,1-3H3/t21-/m1/s1. The summed E-state index contributed by atoms with van der Waals surface area (Å²) in [5.74, 6) is 0.0693. The van der Waals surface area contributed by atoms with Crippen LogP contribution in [-0.2, 0) is 14.9 Å². The summed E-state index contributed by atoms with van der Waals surface area (Å²) in [5.41, 5.74) is 2.59. The van der Waals surface area contributed by atoms with Gasteiger partial charge in [-0.1, -0.05) is 75.7 Å². The molecule has 0 N–H and O–H groups in total. The van der Waals surface area contributed by atoms with E-state index >= 15 is 0 Å². The van der Waals surface area contributed by atoms with Gasteiger partial charge in [-0.15, -0.1) is 0 Å². The van der Waals surface area contributed by atoms with Crippen molar-refractivity contribution in [3.8, 4) is 0 Å². The largest absolute Gasteiger partial charge is 0.337 e. The summed E-state index contributed by atoms with van der Waals surface area (Å²) in [4.78, 5) is 15.7. The number of hydrogen-bond donors (Lipinski definition) is 0. The Morgan fingerprint density at radius 2 is 1.56 bits per heavy atom. The first-order valence-electron chi connectivity index (χ1n) is 10.1. The molecule has 2 aromatic carbocycles. The van der Waals surface area contributed by atoms with Crippen LogP contribution in [0.1, 0.15) is 70.1 Å². The average Bonchev–Trinajstić information content (AvgIpc) is 2.94. The zero-order chi connectivity index (χ0) is 19.1. The minimum Gasteiger partial charge on any atom is -0.337 e. The third kappa shape index (κ3) is 3.19. The van der Waals surface area contributed by atoms with E-state index in [1.807, 2.05) is 41.3 Å². The Kier molecular flexibility index (Phi) is 4.59. The van der Waals surface area contributed by atoms with Crippen molar-refractivity contribution in [1.29, 1.82) is 0 Å². The van der Waals surface area contributed by atoms with E-state index in [0.29, 0.717) is 0 Å². The van der Waals surface area contributed by atoms with Crippen LogP contribution in [0.25, 0.3) is 0 Å². The minimum atomic E-state index is -0.517. The van der Waals surface area contributed by atoms with Crippen LogP contribution in [0.3, 0.4) is 0 Å². The Bertz CT molecular complexity index is 816. The lowest BCUT2D eigenvalue weighted by Crippen LogP contribution is -2.49. The van der Waals surface area contributed by atoms with Crippen LogP contribution in [0.15, 0.2) is 54.6 Å². The lowest BCUT2D eigenvalue weighted by Gasteiger charge is -2.41. The number of rotatable bonds is 2. The fraction of sp³-hybridized carbons (Fsp3) is 0.458. The molecule has 2 fully saturated rings. The van der Waals surface area contributed by atoms with Crippen molar-refractivity contribution in [3.05, 3.63) is 65.7 Å². The summed E-state index contributed by atoms with van der Waals surface area (Å²) in [7, 11) is 0. The van der Waals surface area contributed by atoms with Crippen LogP contribution in [0.2, 0.25) is 0 Å². The number of benzene rings is 2. The molecule has 0 unspecified atom stereocenters. The normalized spacial score (nSPS) is 22.4. The summed E-state index contributed by atoms with van der Waals surface area (Å²) in [6.45, 7) is 6.61. The van der Waals surface area contributed by atoms with Crippen LogP contribution in [-0.4, -0.2) is 11.6 Å². The molecule has 142 valence electrons. The van der Waals surface area contributed by atoms with Crippen molar-refractivity contribution in [3.63, 3.8) is 0 Å². The third-order valence-corrected chi connectivity index (χ3v) is 5.88. The second-order valence-corrected chi connectivity index (χ2v) is 8.86. The van der Waals surface area contributed by atoms with Crippen LogP contribution in [0, 0.1) is 0 Å². The number of anilines is 1. The maximum atomic E-state index is 13.7. The van der Waals surface area contributed by atoms with Crippen LogP contribution in [0.5, 0.6) is 0 Å². The fourth-order valence-electron chi connectivity index (χ4n) is 4.57. The Morgan fingerprint density at radius 3 is 2.22 bits per heavy atom. The number of hydrogen-bond acceptors (Lipinski definition) is 2. The number of para-hydroxylation sites is 1. The second-order valence-electron chi connectivity index (χ2n) is 8.86. The molecule has 2 aromatic rings. The monoisotopic (exact) mass is 363 g/mol. The number of carbonyl (C=O) groups is 1. The molecule has 1 spiro atoms. The van der Waals surface area contributed by atoms with Gasteiger partial charge in [0, 0.05) is 0 Å². The molecule has 1 atom stereocenters. The predicted molar refractivity (Wildman–Crippen MR) is 109 cm³/mol. The van der Waals surface area contributed by atoms with E-state index in [4.69, 9.17) is 4.74 Å². The Hall–Kier alpha value is -2.13. The molecular weight excluding hydrogens is 334 g/mol. The summed E-state index contributed by atoms with van der Waals surface area (Å²) < 4.78 is 6.60. The van der Waals surface area contributed by atoms with Crippen molar-refractivity contribution in [2.75, 3.05) is 4.90 Å². The number of ether oxygens (including phenoxy) is 1. The minimum absolute atomic E-state index is 0.0441. The van der Waals surface area contributed by atoms with E-state index in [9.17, 15) is 4.79 Å². The molecule has 0 radical (unpaired) electrons. The highest BCUT2D eigenvalue weighted by atomic mass is 16.6. The lowest BCUT2D eigenvalue weighted by atomic mass is 9.84. The zero-order valence-corrected chi connectivity index (χ0v) is 16.6. The van der Waals surface area contributed by atoms with E-state index in [1.165, 1.54) is 12.0 Å². The highest BCUT2D eigenvalue weighted by Gasteiger charge is 2.54. The van der Waals surface area contributed by atoms with Gasteiger partial charge < -0.3 is 4.74 Å². The van der Waals surface area contributed by atoms with Gasteiger partial charge in [0.2, 0.25) is 0 Å². The van der Waals surface area contributed by atoms with Gasteiger partial charge in [-0.3, -0.25) is 9.69 Å². The van der Waals surface area contributed by atoms with Crippen molar-refractivity contribution in [1.82, 2.24) is 0 Å². The van der Waals surface area contributed by atoms with Crippen LogP contribution in [0.4, 0.5) is 5.69 Å². The van der Waals surface area contributed by atoms with Gasteiger partial charge in [-0.25, -0.2) is 0 Å². The molecule has 0 bridgehead atoms. The van der Waals surface area contributed by atoms with Crippen molar-refractivity contribution < 1.29 is 9.53 Å². The SMILES string of the molecule is CC(C)(C)c1ccccc1N1C(=O)[C@@H](c2ccccc2)OC12CCCCC2. The van der Waals surface area contributed by atoms with Gasteiger partial charge in [-0.2, -0.15) is 0 Å². The molecule has 1 saturated heterocycles. The topological polar surface area (TPSA) is 29.5 Å².